The summed E-state index contributed by atoms with van der Waals surface area (Å²) < 4.78 is 6.15. The van der Waals surface area contributed by atoms with E-state index in [1.54, 1.807) is 6.92 Å². The maximum atomic E-state index is 9.30. The molecule has 0 radical (unpaired) electrons. The fourth-order valence-corrected chi connectivity index (χ4v) is 3.07. The van der Waals surface area contributed by atoms with Gasteiger partial charge in [-0.2, -0.15) is 0 Å². The van der Waals surface area contributed by atoms with Crippen molar-refractivity contribution in [3.05, 3.63) is 77.9 Å². The van der Waals surface area contributed by atoms with E-state index in [0.717, 1.165) is 30.9 Å². The second-order valence-corrected chi connectivity index (χ2v) is 6.77. The van der Waals surface area contributed by atoms with Gasteiger partial charge in [-0.05, 0) is 29.3 Å². The van der Waals surface area contributed by atoms with Crippen molar-refractivity contribution in [2.75, 3.05) is 19.6 Å². The Labute approximate surface area is 161 Å². The van der Waals surface area contributed by atoms with E-state index in [2.05, 4.69) is 59.2 Å². The van der Waals surface area contributed by atoms with Crippen LogP contribution in [-0.4, -0.2) is 30.8 Å². The summed E-state index contributed by atoms with van der Waals surface area (Å²) in [5, 5.41) is 18.4. The predicted octanol–water partition coefficient (Wildman–Crippen LogP) is 3.48. The van der Waals surface area contributed by atoms with Crippen molar-refractivity contribution in [2.45, 2.75) is 26.2 Å². The van der Waals surface area contributed by atoms with Crippen molar-refractivity contribution in [3.63, 3.8) is 0 Å². The summed E-state index contributed by atoms with van der Waals surface area (Å²) in [6.45, 7) is 5.34. The molecule has 3 N–H and O–H groups in total. The van der Waals surface area contributed by atoms with Gasteiger partial charge in [0.1, 0.15) is 12.4 Å². The fourth-order valence-electron chi connectivity index (χ4n) is 3.07. The molecule has 142 valence electrons. The van der Waals surface area contributed by atoms with Gasteiger partial charge in [0.15, 0.2) is 0 Å². The summed E-state index contributed by atoms with van der Waals surface area (Å²) in [5.41, 5.74) is 2.34. The Balaban J connectivity index is 1.68. The van der Waals surface area contributed by atoms with Crippen molar-refractivity contribution in [1.29, 1.82) is 0 Å². The molecule has 3 aromatic rings. The Morgan fingerprint density at radius 3 is 2.44 bits per heavy atom. The number of nitrogens with one attached hydrogen (secondary N) is 2. The molecule has 0 saturated heterocycles. The maximum Gasteiger partial charge on any atom is 0.124 e. The van der Waals surface area contributed by atoms with Gasteiger partial charge < -0.3 is 20.5 Å². The quantitative estimate of drug-likeness (QED) is 0.482. The highest BCUT2D eigenvalue weighted by Gasteiger charge is 2.09. The first kappa shape index (κ1) is 19.4. The van der Waals surface area contributed by atoms with Crippen molar-refractivity contribution >= 4 is 10.8 Å². The molecule has 0 fully saturated rings. The summed E-state index contributed by atoms with van der Waals surface area (Å²) in [6.07, 6.45) is -0.318. The number of hydrogen-bond donors (Lipinski definition) is 3. The normalized spacial score (nSPS) is 12.2. The van der Waals surface area contributed by atoms with Crippen LogP contribution in [0.3, 0.4) is 0 Å². The number of aliphatic hydroxyl groups excluding tert-OH is 1. The van der Waals surface area contributed by atoms with Crippen LogP contribution in [0.2, 0.25) is 0 Å². The third-order valence-corrected chi connectivity index (χ3v) is 4.45. The molecule has 0 aliphatic carbocycles. The average molecular weight is 364 g/mol. The number of aliphatic hydroxyl groups is 1. The molecular weight excluding hydrogens is 336 g/mol. The minimum absolute atomic E-state index is 0.318. The molecule has 0 aromatic heterocycles. The zero-order valence-electron chi connectivity index (χ0n) is 15.8. The van der Waals surface area contributed by atoms with Crippen LogP contribution < -0.4 is 15.4 Å². The van der Waals surface area contributed by atoms with E-state index in [9.17, 15) is 5.11 Å². The molecule has 3 aromatic carbocycles. The van der Waals surface area contributed by atoms with E-state index in [0.29, 0.717) is 13.2 Å². The van der Waals surface area contributed by atoms with Crippen molar-refractivity contribution in [1.82, 2.24) is 10.6 Å². The monoisotopic (exact) mass is 364 g/mol. The van der Waals surface area contributed by atoms with E-state index < -0.39 is 0 Å². The van der Waals surface area contributed by atoms with Gasteiger partial charge in [0.2, 0.25) is 0 Å². The predicted molar refractivity (Wildman–Crippen MR) is 111 cm³/mol. The molecule has 0 unspecified atom stereocenters. The van der Waals surface area contributed by atoms with Crippen LogP contribution in [0.25, 0.3) is 10.8 Å². The lowest BCUT2D eigenvalue weighted by atomic mass is 10.0. The molecule has 3 rings (SSSR count). The van der Waals surface area contributed by atoms with Crippen LogP contribution in [0.5, 0.6) is 5.75 Å². The summed E-state index contributed by atoms with van der Waals surface area (Å²) >= 11 is 0. The van der Waals surface area contributed by atoms with Crippen LogP contribution in [-0.2, 0) is 13.2 Å². The third kappa shape index (κ3) is 5.79. The molecule has 1 atom stereocenters. The van der Waals surface area contributed by atoms with Crippen molar-refractivity contribution < 1.29 is 9.84 Å². The van der Waals surface area contributed by atoms with Gasteiger partial charge in [0, 0.05) is 31.7 Å². The largest absolute Gasteiger partial charge is 0.489 e. The lowest BCUT2D eigenvalue weighted by Crippen LogP contribution is -2.31. The average Bonchev–Trinajstić information content (AvgIpc) is 2.70. The summed E-state index contributed by atoms with van der Waals surface area (Å²) in [5.74, 6) is 0.919. The highest BCUT2D eigenvalue weighted by Crippen LogP contribution is 2.28. The van der Waals surface area contributed by atoms with E-state index in [1.807, 2.05) is 18.2 Å². The molecule has 0 aliphatic rings. The zero-order valence-corrected chi connectivity index (χ0v) is 15.8. The van der Waals surface area contributed by atoms with Crippen molar-refractivity contribution in [3.8, 4) is 5.75 Å². The molecule has 0 saturated carbocycles. The Morgan fingerprint density at radius 1 is 0.889 bits per heavy atom. The number of benzene rings is 3. The molecule has 27 heavy (non-hydrogen) atoms. The molecular formula is C23H28N2O2. The maximum absolute atomic E-state index is 9.30. The highest BCUT2D eigenvalue weighted by atomic mass is 16.5. The first-order valence-electron chi connectivity index (χ1n) is 9.51. The van der Waals surface area contributed by atoms with E-state index in [-0.39, 0.29) is 6.10 Å². The third-order valence-electron chi connectivity index (χ3n) is 4.45. The standard InChI is InChI=1S/C23H28N2O2/c1-18(26)15-24-13-14-25-16-22-21-10-6-5-9-20(21)11-12-23(22)27-17-19-7-3-2-4-8-19/h2-12,18,24-26H,13-17H2,1H3/t18-/m1/s1. The van der Waals surface area contributed by atoms with Gasteiger partial charge in [-0.3, -0.25) is 0 Å². The Morgan fingerprint density at radius 2 is 1.63 bits per heavy atom. The topological polar surface area (TPSA) is 53.5 Å². The number of rotatable bonds is 10. The van der Waals surface area contributed by atoms with E-state index in [1.165, 1.54) is 16.3 Å². The van der Waals surface area contributed by atoms with Crippen LogP contribution in [0.15, 0.2) is 66.7 Å². The van der Waals surface area contributed by atoms with E-state index in [4.69, 9.17) is 4.74 Å². The molecule has 4 nitrogen and oxygen atoms in total. The summed E-state index contributed by atoms with van der Waals surface area (Å²) in [7, 11) is 0. The van der Waals surface area contributed by atoms with Crippen molar-refractivity contribution in [2.24, 2.45) is 0 Å². The van der Waals surface area contributed by atoms with Gasteiger partial charge in [0.05, 0.1) is 6.10 Å². The van der Waals surface area contributed by atoms with Crippen LogP contribution in [0.1, 0.15) is 18.1 Å². The highest BCUT2D eigenvalue weighted by molar-refractivity contribution is 5.87. The number of hydrogen-bond acceptors (Lipinski definition) is 4. The van der Waals surface area contributed by atoms with Crippen LogP contribution in [0.4, 0.5) is 0 Å². The number of ether oxygens (including phenoxy) is 1. The Hall–Kier alpha value is -2.40. The minimum atomic E-state index is -0.318. The van der Waals surface area contributed by atoms with Crippen LogP contribution in [0, 0.1) is 0 Å². The first-order chi connectivity index (χ1) is 13.2. The molecule has 0 amide bonds. The molecule has 4 heteroatoms. The summed E-state index contributed by atoms with van der Waals surface area (Å²) in [4.78, 5) is 0. The van der Waals surface area contributed by atoms with Gasteiger partial charge >= 0.3 is 0 Å². The second kappa shape index (κ2) is 10.1. The lowest BCUT2D eigenvalue weighted by molar-refractivity contribution is 0.191. The minimum Gasteiger partial charge on any atom is -0.489 e. The van der Waals surface area contributed by atoms with Gasteiger partial charge in [0.25, 0.3) is 0 Å². The molecule has 0 aliphatic heterocycles. The van der Waals surface area contributed by atoms with Crippen LogP contribution >= 0.6 is 0 Å². The number of fused-ring (bicyclic) bond motifs is 1. The first-order valence-corrected chi connectivity index (χ1v) is 9.51. The Bertz CT molecular complexity index is 834. The lowest BCUT2D eigenvalue weighted by Gasteiger charge is -2.15. The zero-order chi connectivity index (χ0) is 18.9. The molecule has 0 heterocycles. The molecule has 0 spiro atoms. The summed E-state index contributed by atoms with van der Waals surface area (Å²) in [6, 6.07) is 22.8. The molecule has 0 bridgehead atoms. The SMILES string of the molecule is C[C@@H](O)CNCCNCc1c(OCc2ccccc2)ccc2ccccc12. The second-order valence-electron chi connectivity index (χ2n) is 6.77. The Kier molecular flexibility index (Phi) is 7.22. The van der Waals surface area contributed by atoms with Gasteiger partial charge in [-0.1, -0.05) is 60.7 Å². The van der Waals surface area contributed by atoms with E-state index >= 15 is 0 Å². The smallest absolute Gasteiger partial charge is 0.124 e. The fraction of sp³-hybridized carbons (Fsp3) is 0.304. The van der Waals surface area contributed by atoms with Gasteiger partial charge in [-0.15, -0.1) is 0 Å². The van der Waals surface area contributed by atoms with Gasteiger partial charge in [-0.25, -0.2) is 0 Å².